The highest BCUT2D eigenvalue weighted by atomic mass is 19.4. The van der Waals surface area contributed by atoms with Gasteiger partial charge in [-0.3, -0.25) is 0 Å². The minimum Gasteiger partial charge on any atom is -0.507 e. The lowest BCUT2D eigenvalue weighted by Crippen LogP contribution is -2.41. The van der Waals surface area contributed by atoms with Crippen LogP contribution in [0.1, 0.15) is 17.5 Å². The van der Waals surface area contributed by atoms with Gasteiger partial charge in [0, 0.05) is 24.2 Å². The smallest absolute Gasteiger partial charge is 0.419 e. The molecule has 1 aromatic carbocycles. The Balaban J connectivity index is 1.71. The molecule has 0 bridgehead atoms. The molecule has 0 saturated carbocycles. The molecule has 2 aromatic rings. The highest BCUT2D eigenvalue weighted by molar-refractivity contribution is 5.68. The van der Waals surface area contributed by atoms with Crippen molar-refractivity contribution in [2.45, 2.75) is 25.6 Å². The molecule has 146 valence electrons. The van der Waals surface area contributed by atoms with Gasteiger partial charge < -0.3 is 20.8 Å². The van der Waals surface area contributed by atoms with Gasteiger partial charge in [0.1, 0.15) is 11.6 Å². The molecular formula is C18H21F3N4O2. The van der Waals surface area contributed by atoms with Crippen molar-refractivity contribution in [2.75, 3.05) is 25.0 Å². The van der Waals surface area contributed by atoms with Crippen LogP contribution in [-0.2, 0) is 6.18 Å². The molecule has 0 spiro atoms. The second kappa shape index (κ2) is 7.69. The average Bonchev–Trinajstić information content (AvgIpc) is 2.62. The lowest BCUT2D eigenvalue weighted by molar-refractivity contribution is -0.138. The van der Waals surface area contributed by atoms with E-state index in [1.165, 1.54) is 13.0 Å². The van der Waals surface area contributed by atoms with Crippen LogP contribution in [-0.4, -0.2) is 46.1 Å². The number of hydrogen-bond acceptors (Lipinski definition) is 6. The molecule has 1 aliphatic rings. The van der Waals surface area contributed by atoms with Crippen LogP contribution in [0.25, 0.3) is 11.3 Å². The molecular weight excluding hydrogens is 361 g/mol. The predicted octanol–water partition coefficient (Wildman–Crippen LogP) is 2.56. The Morgan fingerprint density at radius 2 is 1.96 bits per heavy atom. The van der Waals surface area contributed by atoms with Crippen molar-refractivity contribution in [3.05, 3.63) is 35.4 Å². The van der Waals surface area contributed by atoms with E-state index < -0.39 is 17.5 Å². The SMILES string of the molecule is Cc1c(-c2ccc(NC[C@H]3CNC[C@@H](O)C3)nn2)ccc(C(F)(F)F)c1O. The highest BCUT2D eigenvalue weighted by Gasteiger charge is 2.35. The second-order valence-corrected chi connectivity index (χ2v) is 6.73. The molecule has 0 unspecified atom stereocenters. The maximum atomic E-state index is 12.9. The molecule has 0 aliphatic carbocycles. The first-order chi connectivity index (χ1) is 12.8. The van der Waals surface area contributed by atoms with Crippen molar-refractivity contribution >= 4 is 5.82 Å². The summed E-state index contributed by atoms with van der Waals surface area (Å²) in [5, 5.41) is 33.9. The molecule has 0 amide bonds. The van der Waals surface area contributed by atoms with E-state index in [0.29, 0.717) is 36.6 Å². The third-order valence-electron chi connectivity index (χ3n) is 4.67. The first kappa shape index (κ1) is 19.4. The number of alkyl halides is 3. The Kier molecular flexibility index (Phi) is 5.52. The number of nitrogens with one attached hydrogen (secondary N) is 2. The molecule has 1 fully saturated rings. The Morgan fingerprint density at radius 3 is 2.59 bits per heavy atom. The molecule has 2 atom stereocenters. The Hall–Kier alpha value is -2.39. The number of phenols is 1. The number of benzene rings is 1. The number of aromatic nitrogens is 2. The van der Waals surface area contributed by atoms with Crippen molar-refractivity contribution in [2.24, 2.45) is 5.92 Å². The predicted molar refractivity (Wildman–Crippen MR) is 94.3 cm³/mol. The second-order valence-electron chi connectivity index (χ2n) is 6.73. The van der Waals surface area contributed by atoms with E-state index in [1.54, 1.807) is 12.1 Å². The minimum atomic E-state index is -4.62. The third kappa shape index (κ3) is 4.48. The Morgan fingerprint density at radius 1 is 1.19 bits per heavy atom. The zero-order valence-electron chi connectivity index (χ0n) is 14.7. The van der Waals surface area contributed by atoms with Gasteiger partial charge >= 0.3 is 6.18 Å². The number of halogens is 3. The monoisotopic (exact) mass is 382 g/mol. The normalized spacial score (nSPS) is 20.5. The zero-order chi connectivity index (χ0) is 19.6. The first-order valence-electron chi connectivity index (χ1n) is 8.62. The van der Waals surface area contributed by atoms with Crippen LogP contribution >= 0.6 is 0 Å². The Labute approximate surface area is 154 Å². The van der Waals surface area contributed by atoms with E-state index in [-0.39, 0.29) is 17.6 Å². The summed E-state index contributed by atoms with van der Waals surface area (Å²) in [5.74, 6) is 0.00397. The summed E-state index contributed by atoms with van der Waals surface area (Å²) in [7, 11) is 0. The molecule has 9 heteroatoms. The minimum absolute atomic E-state index is 0.0992. The summed E-state index contributed by atoms with van der Waals surface area (Å²) in [4.78, 5) is 0. The molecule has 1 aliphatic heterocycles. The van der Waals surface area contributed by atoms with E-state index in [1.807, 2.05) is 0 Å². The van der Waals surface area contributed by atoms with Crippen LogP contribution < -0.4 is 10.6 Å². The number of aliphatic hydroxyl groups excluding tert-OH is 1. The molecule has 0 radical (unpaired) electrons. The molecule has 2 heterocycles. The Bertz CT molecular complexity index is 796. The van der Waals surface area contributed by atoms with Gasteiger partial charge in [-0.15, -0.1) is 10.2 Å². The number of anilines is 1. The maximum Gasteiger partial charge on any atom is 0.419 e. The summed E-state index contributed by atoms with van der Waals surface area (Å²) in [5.41, 5.74) is -0.212. The topological polar surface area (TPSA) is 90.3 Å². The van der Waals surface area contributed by atoms with Crippen LogP contribution in [0.15, 0.2) is 24.3 Å². The van der Waals surface area contributed by atoms with Crippen LogP contribution in [0.2, 0.25) is 0 Å². The highest BCUT2D eigenvalue weighted by Crippen LogP contribution is 2.40. The van der Waals surface area contributed by atoms with Crippen LogP contribution in [0.4, 0.5) is 19.0 Å². The number of rotatable bonds is 4. The van der Waals surface area contributed by atoms with Crippen molar-refractivity contribution in [3.8, 4) is 17.0 Å². The van der Waals surface area contributed by atoms with Gasteiger partial charge in [0.2, 0.25) is 0 Å². The summed E-state index contributed by atoms with van der Waals surface area (Å²) in [6, 6.07) is 5.44. The van der Waals surface area contributed by atoms with Crippen molar-refractivity contribution in [1.29, 1.82) is 0 Å². The van der Waals surface area contributed by atoms with Crippen molar-refractivity contribution in [3.63, 3.8) is 0 Å². The summed E-state index contributed by atoms with van der Waals surface area (Å²) < 4.78 is 38.6. The fourth-order valence-electron chi connectivity index (χ4n) is 3.19. The van der Waals surface area contributed by atoms with Gasteiger partial charge in [-0.05, 0) is 44.0 Å². The largest absolute Gasteiger partial charge is 0.507 e. The number of phenolic OH excluding ortho intramolecular Hbond substituents is 1. The van der Waals surface area contributed by atoms with Gasteiger partial charge in [0.25, 0.3) is 0 Å². The van der Waals surface area contributed by atoms with E-state index in [2.05, 4.69) is 20.8 Å². The number of nitrogens with zero attached hydrogens (tertiary/aromatic N) is 2. The molecule has 1 aromatic heterocycles. The zero-order valence-corrected chi connectivity index (χ0v) is 14.7. The number of aromatic hydroxyl groups is 1. The quantitative estimate of drug-likeness (QED) is 0.650. The van der Waals surface area contributed by atoms with E-state index in [0.717, 1.165) is 12.6 Å². The van der Waals surface area contributed by atoms with Gasteiger partial charge in [0.15, 0.2) is 0 Å². The van der Waals surface area contributed by atoms with Crippen molar-refractivity contribution < 1.29 is 23.4 Å². The van der Waals surface area contributed by atoms with E-state index in [9.17, 15) is 23.4 Å². The lowest BCUT2D eigenvalue weighted by Gasteiger charge is -2.27. The van der Waals surface area contributed by atoms with Crippen LogP contribution in [0.3, 0.4) is 0 Å². The molecule has 1 saturated heterocycles. The van der Waals surface area contributed by atoms with Gasteiger partial charge in [-0.1, -0.05) is 6.07 Å². The number of aliphatic hydroxyl groups is 1. The van der Waals surface area contributed by atoms with Crippen LogP contribution in [0.5, 0.6) is 5.75 Å². The van der Waals surface area contributed by atoms with Crippen LogP contribution in [0, 0.1) is 12.8 Å². The molecule has 6 nitrogen and oxygen atoms in total. The van der Waals surface area contributed by atoms with Crippen molar-refractivity contribution in [1.82, 2.24) is 15.5 Å². The van der Waals surface area contributed by atoms with E-state index in [4.69, 9.17) is 0 Å². The summed E-state index contributed by atoms with van der Waals surface area (Å²) in [6.45, 7) is 3.44. The van der Waals surface area contributed by atoms with E-state index >= 15 is 0 Å². The molecule has 27 heavy (non-hydrogen) atoms. The molecule has 4 N–H and O–H groups in total. The summed E-state index contributed by atoms with van der Waals surface area (Å²) >= 11 is 0. The number of β-amino-alcohol motifs (C(OH)–C–C–N with tert-alkyl or cyclic N) is 1. The first-order valence-corrected chi connectivity index (χ1v) is 8.62. The number of hydrogen-bond donors (Lipinski definition) is 4. The van der Waals surface area contributed by atoms with Gasteiger partial charge in [-0.25, -0.2) is 0 Å². The average molecular weight is 382 g/mol. The standard InChI is InChI=1S/C18H21F3N4O2/c1-10-13(2-3-14(17(10)27)18(19,20)21)15-4-5-16(25-24-15)23-8-11-6-12(26)9-22-7-11/h2-5,11-12,22,26-27H,6-9H2,1H3,(H,23,25)/t11-,12+/m1/s1. The fourth-order valence-corrected chi connectivity index (χ4v) is 3.19. The fraction of sp³-hybridized carbons (Fsp3) is 0.444. The molecule has 3 rings (SSSR count). The maximum absolute atomic E-state index is 12.9. The number of piperidine rings is 1. The van der Waals surface area contributed by atoms with Gasteiger partial charge in [0.05, 0.1) is 17.4 Å². The van der Waals surface area contributed by atoms with Gasteiger partial charge in [-0.2, -0.15) is 13.2 Å². The lowest BCUT2D eigenvalue weighted by atomic mass is 9.97. The third-order valence-corrected chi connectivity index (χ3v) is 4.67. The summed E-state index contributed by atoms with van der Waals surface area (Å²) in [6.07, 6.45) is -4.27.